The number of benzene rings is 3. The van der Waals surface area contributed by atoms with Crippen LogP contribution in [0.25, 0.3) is 11.1 Å². The summed E-state index contributed by atoms with van der Waals surface area (Å²) in [5.74, 6) is -6.88. The Labute approximate surface area is 229 Å². The van der Waals surface area contributed by atoms with Crippen LogP contribution in [0.4, 0.5) is 30.7 Å². The van der Waals surface area contributed by atoms with E-state index >= 15 is 0 Å². The molecule has 2 aliphatic rings. The highest BCUT2D eigenvalue weighted by Gasteiger charge is 2.41. The summed E-state index contributed by atoms with van der Waals surface area (Å²) in [6.07, 6.45) is 5.31. The molecule has 2 aliphatic carbocycles. The molecule has 3 aromatic carbocycles. The first-order valence-corrected chi connectivity index (χ1v) is 13.8. The molecule has 0 bridgehead atoms. The second-order valence-electron chi connectivity index (χ2n) is 11.4. The number of rotatable bonds is 6. The molecule has 0 heterocycles. The molecule has 0 radical (unpaired) electrons. The van der Waals surface area contributed by atoms with E-state index in [-0.39, 0.29) is 17.7 Å². The molecule has 0 N–H and O–H groups in total. The van der Waals surface area contributed by atoms with Crippen LogP contribution in [0.2, 0.25) is 0 Å². The minimum atomic E-state index is -4.62. The maximum Gasteiger partial charge on any atom is 0.432 e. The van der Waals surface area contributed by atoms with Crippen molar-refractivity contribution in [3.8, 4) is 16.9 Å². The van der Waals surface area contributed by atoms with Gasteiger partial charge < -0.3 is 4.74 Å². The lowest BCUT2D eigenvalue weighted by molar-refractivity contribution is -0.189. The van der Waals surface area contributed by atoms with Crippen LogP contribution in [0.3, 0.4) is 0 Å². The van der Waals surface area contributed by atoms with Crippen molar-refractivity contribution in [3.63, 3.8) is 0 Å². The Morgan fingerprint density at radius 1 is 0.625 bits per heavy atom. The first kappa shape index (κ1) is 28.5. The highest BCUT2D eigenvalue weighted by molar-refractivity contribution is 5.64. The van der Waals surface area contributed by atoms with Crippen molar-refractivity contribution in [2.45, 2.75) is 70.3 Å². The van der Waals surface area contributed by atoms with Gasteiger partial charge in [-0.05, 0) is 91.0 Å². The second kappa shape index (κ2) is 11.5. The summed E-state index contributed by atoms with van der Waals surface area (Å²) >= 11 is 0. The lowest BCUT2D eigenvalue weighted by Crippen LogP contribution is -2.25. The number of ether oxygens (including phenoxy) is 1. The number of hydrogen-bond acceptors (Lipinski definition) is 1. The van der Waals surface area contributed by atoms with E-state index in [0.29, 0.717) is 11.5 Å². The highest BCUT2D eigenvalue weighted by Crippen LogP contribution is 2.44. The van der Waals surface area contributed by atoms with Gasteiger partial charge in [0.1, 0.15) is 22.9 Å². The predicted octanol–water partition coefficient (Wildman–Crippen LogP) is 10.3. The largest absolute Gasteiger partial charge is 0.432 e. The molecule has 0 spiro atoms. The maximum atomic E-state index is 14.8. The molecule has 8 heteroatoms. The van der Waals surface area contributed by atoms with E-state index in [1.807, 2.05) is 12.1 Å². The van der Waals surface area contributed by atoms with E-state index in [1.165, 1.54) is 38.5 Å². The average Bonchev–Trinajstić information content (AvgIpc) is 2.91. The van der Waals surface area contributed by atoms with E-state index in [0.717, 1.165) is 48.3 Å². The molecule has 0 atom stereocenters. The Hall–Kier alpha value is -3.03. The number of halogens is 7. The van der Waals surface area contributed by atoms with Crippen molar-refractivity contribution < 1.29 is 35.5 Å². The average molecular weight is 565 g/mol. The predicted molar refractivity (Wildman–Crippen MR) is 138 cm³/mol. The van der Waals surface area contributed by atoms with Gasteiger partial charge >= 0.3 is 6.11 Å². The molecule has 0 amide bonds. The fraction of sp³-hybridized carbons (Fsp3) is 0.438. The topological polar surface area (TPSA) is 9.23 Å². The third-order valence-corrected chi connectivity index (χ3v) is 8.75. The lowest BCUT2D eigenvalue weighted by atomic mass is 9.68. The van der Waals surface area contributed by atoms with Gasteiger partial charge in [-0.15, -0.1) is 0 Å². The summed E-state index contributed by atoms with van der Waals surface area (Å²) in [5, 5.41) is 0. The van der Waals surface area contributed by atoms with E-state index in [2.05, 4.69) is 11.7 Å². The fourth-order valence-electron chi connectivity index (χ4n) is 6.44. The molecule has 3 aromatic rings. The third kappa shape index (κ3) is 6.01. The zero-order valence-electron chi connectivity index (χ0n) is 22.1. The zero-order valence-corrected chi connectivity index (χ0v) is 22.1. The van der Waals surface area contributed by atoms with Gasteiger partial charge in [0, 0.05) is 12.1 Å². The van der Waals surface area contributed by atoms with Crippen LogP contribution < -0.4 is 4.74 Å². The molecule has 214 valence electrons. The van der Waals surface area contributed by atoms with Crippen LogP contribution in [-0.4, -0.2) is 0 Å². The summed E-state index contributed by atoms with van der Waals surface area (Å²) in [6.45, 7) is 2.33. The number of hydrogen-bond donors (Lipinski definition) is 0. The molecular formula is C32H31F7O. The molecule has 0 aromatic heterocycles. The van der Waals surface area contributed by atoms with Crippen molar-refractivity contribution in [1.82, 2.24) is 0 Å². The van der Waals surface area contributed by atoms with Crippen molar-refractivity contribution in [2.75, 3.05) is 0 Å². The van der Waals surface area contributed by atoms with Gasteiger partial charge in [-0.1, -0.05) is 44.0 Å². The quantitative estimate of drug-likeness (QED) is 0.214. The van der Waals surface area contributed by atoms with Crippen molar-refractivity contribution in [3.05, 3.63) is 88.7 Å². The summed E-state index contributed by atoms with van der Waals surface area (Å²) in [7, 11) is 0. The summed E-state index contributed by atoms with van der Waals surface area (Å²) in [4.78, 5) is 0. The van der Waals surface area contributed by atoms with Crippen LogP contribution in [0, 0.1) is 46.8 Å². The Balaban J connectivity index is 1.27. The monoisotopic (exact) mass is 564 g/mol. The first-order chi connectivity index (χ1) is 19.0. The van der Waals surface area contributed by atoms with Gasteiger partial charge in [-0.2, -0.15) is 8.78 Å². The molecule has 5 rings (SSSR count). The van der Waals surface area contributed by atoms with Crippen molar-refractivity contribution >= 4 is 0 Å². The maximum absolute atomic E-state index is 14.8. The van der Waals surface area contributed by atoms with E-state index in [9.17, 15) is 30.7 Å². The lowest BCUT2D eigenvalue weighted by Gasteiger charge is -2.37. The normalized spacial score (nSPS) is 23.7. The Bertz CT molecular complexity index is 1290. The van der Waals surface area contributed by atoms with Crippen LogP contribution in [0.1, 0.15) is 75.3 Å². The minimum absolute atomic E-state index is 0.0511. The Morgan fingerprint density at radius 3 is 1.65 bits per heavy atom. The molecule has 0 saturated heterocycles. The molecule has 0 unspecified atom stereocenters. The summed E-state index contributed by atoms with van der Waals surface area (Å²) in [6, 6.07) is 9.12. The molecule has 1 nitrogen and oxygen atoms in total. The van der Waals surface area contributed by atoms with Gasteiger partial charge in [0.25, 0.3) is 0 Å². The van der Waals surface area contributed by atoms with Crippen LogP contribution in [-0.2, 0) is 6.11 Å². The molecule has 0 aliphatic heterocycles. The van der Waals surface area contributed by atoms with Crippen LogP contribution in [0.15, 0.2) is 48.5 Å². The zero-order chi connectivity index (χ0) is 28.6. The van der Waals surface area contributed by atoms with Crippen molar-refractivity contribution in [1.29, 1.82) is 0 Å². The van der Waals surface area contributed by atoms with Gasteiger partial charge in [0.2, 0.25) is 0 Å². The standard InChI is InChI=1S/C32H31F7O/c1-18-2-4-19(5-3-18)20-6-8-21(9-7-20)22-10-12-23(13-11-22)24-14-26(33)30(27(34)15-24)32(38,39)40-25-16-28(35)31(37)29(36)17-25/h10-21H,2-9H2,1H3. The van der Waals surface area contributed by atoms with Gasteiger partial charge in [0.05, 0.1) is 0 Å². The fourth-order valence-corrected chi connectivity index (χ4v) is 6.44. The summed E-state index contributed by atoms with van der Waals surface area (Å²) < 4.78 is 103. The number of alkyl halides is 2. The van der Waals surface area contributed by atoms with Crippen LogP contribution >= 0.6 is 0 Å². The minimum Gasteiger partial charge on any atom is -0.429 e. The smallest absolute Gasteiger partial charge is 0.429 e. The Kier molecular flexibility index (Phi) is 8.16. The molecule has 40 heavy (non-hydrogen) atoms. The van der Waals surface area contributed by atoms with Gasteiger partial charge in [-0.25, -0.2) is 22.0 Å². The SMILES string of the molecule is CC1CCC(C2CCC(c3ccc(-c4cc(F)c(C(F)(F)Oc5cc(F)c(F)c(F)c5)c(F)c4)cc3)CC2)CC1. The highest BCUT2D eigenvalue weighted by atomic mass is 19.3. The first-order valence-electron chi connectivity index (χ1n) is 13.8. The third-order valence-electron chi connectivity index (χ3n) is 8.75. The van der Waals surface area contributed by atoms with E-state index in [1.54, 1.807) is 12.1 Å². The van der Waals surface area contributed by atoms with Crippen LogP contribution in [0.5, 0.6) is 5.75 Å². The van der Waals surface area contributed by atoms with E-state index < -0.39 is 46.5 Å². The Morgan fingerprint density at radius 2 is 1.12 bits per heavy atom. The van der Waals surface area contributed by atoms with Gasteiger partial charge in [0.15, 0.2) is 17.5 Å². The second-order valence-corrected chi connectivity index (χ2v) is 11.4. The van der Waals surface area contributed by atoms with Gasteiger partial charge in [-0.3, -0.25) is 0 Å². The molecular weight excluding hydrogens is 533 g/mol. The van der Waals surface area contributed by atoms with E-state index in [4.69, 9.17) is 0 Å². The molecule has 2 fully saturated rings. The summed E-state index contributed by atoms with van der Waals surface area (Å²) in [5.41, 5.74) is -0.0712. The van der Waals surface area contributed by atoms with Crippen molar-refractivity contribution in [2.24, 2.45) is 17.8 Å². The molecule has 2 saturated carbocycles.